The first-order valence-corrected chi connectivity index (χ1v) is 12.1. The molecule has 1 aromatic heterocycles. The van der Waals surface area contributed by atoms with Crippen LogP contribution in [-0.4, -0.2) is 4.98 Å². The van der Waals surface area contributed by atoms with Gasteiger partial charge in [-0.25, -0.2) is 0 Å². The Bertz CT molecular complexity index is 1570. The topological polar surface area (TPSA) is 16.1 Å². The van der Waals surface area contributed by atoms with Gasteiger partial charge in [-0.15, -0.1) is 0 Å². The SMILES string of the molecule is Cc1cc(C)c2cc3c(cc2c1)-c1nccc2cc(CC(C)(C)C)cc(c12)N3c1ccccc1. The average Bonchev–Trinajstić information content (AvgIpc) is 2.78. The summed E-state index contributed by atoms with van der Waals surface area (Å²) in [6, 6.07) is 26.9. The van der Waals surface area contributed by atoms with E-state index in [1.165, 1.54) is 60.9 Å². The van der Waals surface area contributed by atoms with Crippen molar-refractivity contribution in [3.63, 3.8) is 0 Å². The summed E-state index contributed by atoms with van der Waals surface area (Å²) in [4.78, 5) is 7.38. The third kappa shape index (κ3) is 3.37. The van der Waals surface area contributed by atoms with Crippen molar-refractivity contribution in [3.8, 4) is 11.3 Å². The molecule has 2 heterocycles. The van der Waals surface area contributed by atoms with Crippen LogP contribution >= 0.6 is 0 Å². The highest BCUT2D eigenvalue weighted by molar-refractivity contribution is 6.14. The molecule has 0 saturated heterocycles. The van der Waals surface area contributed by atoms with Crippen LogP contribution in [0.4, 0.5) is 17.1 Å². The second kappa shape index (κ2) is 7.43. The number of para-hydroxylation sites is 1. The van der Waals surface area contributed by atoms with E-state index in [0.29, 0.717) is 0 Å². The molecule has 0 aliphatic carbocycles. The summed E-state index contributed by atoms with van der Waals surface area (Å²) >= 11 is 0. The smallest absolute Gasteiger partial charge is 0.0822 e. The molecule has 0 radical (unpaired) electrons. The fraction of sp³-hybridized carbons (Fsp3) is 0.219. The maximum absolute atomic E-state index is 4.94. The first-order chi connectivity index (χ1) is 16.3. The Kier molecular flexibility index (Phi) is 4.57. The van der Waals surface area contributed by atoms with Crippen molar-refractivity contribution in [2.75, 3.05) is 4.90 Å². The van der Waals surface area contributed by atoms with Crippen LogP contribution in [0.5, 0.6) is 0 Å². The van der Waals surface area contributed by atoms with E-state index in [1.54, 1.807) is 0 Å². The van der Waals surface area contributed by atoms with Crippen LogP contribution in [0.3, 0.4) is 0 Å². The summed E-state index contributed by atoms with van der Waals surface area (Å²) in [6.07, 6.45) is 3.00. The van der Waals surface area contributed by atoms with E-state index in [-0.39, 0.29) is 5.41 Å². The van der Waals surface area contributed by atoms with E-state index in [0.717, 1.165) is 12.1 Å². The van der Waals surface area contributed by atoms with Crippen molar-refractivity contribution in [2.24, 2.45) is 5.41 Å². The Morgan fingerprint density at radius 2 is 1.59 bits per heavy atom. The number of fused-ring (bicyclic) bond motifs is 3. The second-order valence-corrected chi connectivity index (χ2v) is 11.0. The van der Waals surface area contributed by atoms with Crippen molar-refractivity contribution < 1.29 is 0 Å². The van der Waals surface area contributed by atoms with Crippen molar-refractivity contribution in [2.45, 2.75) is 41.0 Å². The summed E-state index contributed by atoms with van der Waals surface area (Å²) in [5.41, 5.74) is 10.1. The molecule has 0 bridgehead atoms. The van der Waals surface area contributed by atoms with Crippen LogP contribution in [0, 0.1) is 19.3 Å². The highest BCUT2D eigenvalue weighted by Gasteiger charge is 2.28. The van der Waals surface area contributed by atoms with Crippen LogP contribution in [-0.2, 0) is 6.42 Å². The fourth-order valence-electron chi connectivity index (χ4n) is 5.58. The van der Waals surface area contributed by atoms with Crippen molar-refractivity contribution in [1.29, 1.82) is 0 Å². The van der Waals surface area contributed by atoms with E-state index in [9.17, 15) is 0 Å². The molecular formula is C32H30N2. The third-order valence-electron chi connectivity index (χ3n) is 6.81. The van der Waals surface area contributed by atoms with Gasteiger partial charge in [-0.1, -0.05) is 62.7 Å². The Morgan fingerprint density at radius 3 is 2.35 bits per heavy atom. The number of pyridine rings is 1. The van der Waals surface area contributed by atoms with Gasteiger partial charge in [-0.3, -0.25) is 4.98 Å². The maximum Gasteiger partial charge on any atom is 0.0822 e. The first-order valence-electron chi connectivity index (χ1n) is 12.1. The zero-order valence-corrected chi connectivity index (χ0v) is 20.6. The Labute approximate surface area is 201 Å². The molecule has 0 N–H and O–H groups in total. The molecule has 34 heavy (non-hydrogen) atoms. The number of aryl methyl sites for hydroxylation is 2. The van der Waals surface area contributed by atoms with Crippen LogP contribution in [0.15, 0.2) is 79.0 Å². The zero-order chi connectivity index (χ0) is 23.6. The van der Waals surface area contributed by atoms with E-state index < -0.39 is 0 Å². The van der Waals surface area contributed by atoms with Crippen molar-refractivity contribution in [3.05, 3.63) is 95.7 Å². The lowest BCUT2D eigenvalue weighted by molar-refractivity contribution is 0.411. The van der Waals surface area contributed by atoms with Gasteiger partial charge in [0.2, 0.25) is 0 Å². The first kappa shape index (κ1) is 20.9. The van der Waals surface area contributed by atoms with E-state index >= 15 is 0 Å². The fourth-order valence-corrected chi connectivity index (χ4v) is 5.58. The highest BCUT2D eigenvalue weighted by atomic mass is 15.2. The van der Waals surface area contributed by atoms with Gasteiger partial charge in [0, 0.05) is 22.8 Å². The number of benzene rings is 4. The van der Waals surface area contributed by atoms with Crippen LogP contribution in [0.1, 0.15) is 37.5 Å². The van der Waals surface area contributed by atoms with Crippen LogP contribution < -0.4 is 4.90 Å². The maximum atomic E-state index is 4.94. The molecule has 6 rings (SSSR count). The largest absolute Gasteiger partial charge is 0.309 e. The van der Waals surface area contributed by atoms with Gasteiger partial charge in [0.05, 0.1) is 17.1 Å². The number of anilines is 3. The van der Waals surface area contributed by atoms with E-state index in [4.69, 9.17) is 4.98 Å². The summed E-state index contributed by atoms with van der Waals surface area (Å²) in [7, 11) is 0. The standard InChI is InChI=1S/C32H30N2/c1-20-13-21(2)26-18-28-27(17-24(26)14-20)31-30-23(11-12-33-31)15-22(19-32(3,4)5)16-29(30)34(28)25-9-7-6-8-10-25/h6-18H,19H2,1-5H3. The number of hydrogen-bond donors (Lipinski definition) is 0. The molecule has 4 aromatic carbocycles. The molecule has 1 aliphatic rings. The lowest BCUT2D eigenvalue weighted by atomic mass is 9.85. The van der Waals surface area contributed by atoms with Crippen molar-refractivity contribution in [1.82, 2.24) is 4.98 Å². The lowest BCUT2D eigenvalue weighted by Crippen LogP contribution is -2.17. The molecule has 168 valence electrons. The summed E-state index contributed by atoms with van der Waals surface area (Å²) in [6.45, 7) is 11.3. The Balaban J connectivity index is 1.73. The monoisotopic (exact) mass is 442 g/mol. The second-order valence-electron chi connectivity index (χ2n) is 11.0. The summed E-state index contributed by atoms with van der Waals surface area (Å²) in [5, 5.41) is 5.07. The molecule has 5 aromatic rings. The lowest BCUT2D eigenvalue weighted by Gasteiger charge is -2.34. The van der Waals surface area contributed by atoms with Gasteiger partial charge in [0.15, 0.2) is 0 Å². The third-order valence-corrected chi connectivity index (χ3v) is 6.81. The van der Waals surface area contributed by atoms with Gasteiger partial charge in [-0.2, -0.15) is 0 Å². The van der Waals surface area contributed by atoms with Crippen LogP contribution in [0.25, 0.3) is 32.8 Å². The summed E-state index contributed by atoms with van der Waals surface area (Å²) < 4.78 is 0. The Morgan fingerprint density at radius 1 is 0.794 bits per heavy atom. The van der Waals surface area contributed by atoms with Gasteiger partial charge in [-0.05, 0) is 89.4 Å². The zero-order valence-electron chi connectivity index (χ0n) is 20.6. The number of rotatable bonds is 2. The minimum absolute atomic E-state index is 0.214. The van der Waals surface area contributed by atoms with E-state index in [1.807, 2.05) is 6.20 Å². The molecule has 0 amide bonds. The quantitative estimate of drug-likeness (QED) is 0.266. The Hall–Kier alpha value is -3.65. The molecule has 2 heteroatoms. The highest BCUT2D eigenvalue weighted by Crippen LogP contribution is 2.51. The molecule has 0 atom stereocenters. The van der Waals surface area contributed by atoms with Crippen LogP contribution in [0.2, 0.25) is 0 Å². The molecule has 0 unspecified atom stereocenters. The molecule has 0 spiro atoms. The summed E-state index contributed by atoms with van der Waals surface area (Å²) in [5.74, 6) is 0. The van der Waals surface area contributed by atoms with E-state index in [2.05, 4.69) is 112 Å². The predicted octanol–water partition coefficient (Wildman–Crippen LogP) is 9.04. The van der Waals surface area contributed by atoms with Gasteiger partial charge >= 0.3 is 0 Å². The number of nitrogens with zero attached hydrogens (tertiary/aromatic N) is 2. The minimum Gasteiger partial charge on any atom is -0.309 e. The number of aromatic nitrogens is 1. The molecule has 2 nitrogen and oxygen atoms in total. The molecule has 1 aliphatic heterocycles. The van der Waals surface area contributed by atoms with Gasteiger partial charge < -0.3 is 4.90 Å². The van der Waals surface area contributed by atoms with Crippen molar-refractivity contribution >= 4 is 38.6 Å². The molecular weight excluding hydrogens is 412 g/mol. The molecule has 0 saturated carbocycles. The normalized spacial score (nSPS) is 12.9. The predicted molar refractivity (Wildman–Crippen MR) is 146 cm³/mol. The van der Waals surface area contributed by atoms with Gasteiger partial charge in [0.1, 0.15) is 0 Å². The number of hydrogen-bond acceptors (Lipinski definition) is 2. The minimum atomic E-state index is 0.214. The molecule has 0 fully saturated rings. The van der Waals surface area contributed by atoms with Gasteiger partial charge in [0.25, 0.3) is 0 Å². The average molecular weight is 443 g/mol.